The molecule has 5 aromatic carbocycles. The van der Waals surface area contributed by atoms with Gasteiger partial charge in [0.25, 0.3) is 0 Å². The van der Waals surface area contributed by atoms with E-state index in [1.54, 1.807) is 71.8 Å². The van der Waals surface area contributed by atoms with Gasteiger partial charge in [0, 0.05) is 0 Å². The summed E-state index contributed by atoms with van der Waals surface area (Å²) in [5, 5.41) is 5.63. The third kappa shape index (κ3) is 4.92. The van der Waals surface area contributed by atoms with Crippen LogP contribution < -0.4 is 0 Å². The minimum absolute atomic E-state index is 0.358. The molecule has 1 atom stereocenters. The molecule has 3 nitrogen and oxygen atoms in total. The number of ether oxygens (including phenoxy) is 1. The van der Waals surface area contributed by atoms with Crippen LogP contribution in [0.4, 0.5) is 0 Å². The topological polar surface area (TPSA) is 43.4 Å². The van der Waals surface area contributed by atoms with E-state index in [4.69, 9.17) is 4.74 Å². The monoisotopic (exact) mass is 472 g/mol. The molecule has 5 aromatic rings. The smallest absolute Gasteiger partial charge is 0.346 e. The fourth-order valence-corrected chi connectivity index (χ4v) is 5.00. The molecule has 3 heteroatoms. The molecule has 0 fully saturated rings. The predicted molar refractivity (Wildman–Crippen MR) is 145 cm³/mol. The first-order chi connectivity index (χ1) is 17.6. The van der Waals surface area contributed by atoms with E-state index in [1.807, 2.05) is 0 Å². The molecule has 178 valence electrons. The van der Waals surface area contributed by atoms with E-state index in [9.17, 15) is 9.59 Å². The first-order valence-corrected chi connectivity index (χ1v) is 12.4. The molecular formula is C33H28O3. The van der Waals surface area contributed by atoms with E-state index in [0.717, 1.165) is 5.92 Å². The van der Waals surface area contributed by atoms with E-state index in [0.29, 0.717) is 11.1 Å². The second kappa shape index (κ2) is 10.6. The third-order valence-corrected chi connectivity index (χ3v) is 6.87. The lowest BCUT2D eigenvalue weighted by Crippen LogP contribution is -2.12. The lowest BCUT2D eigenvalue weighted by molar-refractivity contribution is 0.0398. The van der Waals surface area contributed by atoms with Crippen molar-refractivity contribution in [3.05, 3.63) is 131 Å². The summed E-state index contributed by atoms with van der Waals surface area (Å²) in [7, 11) is 0. The van der Waals surface area contributed by atoms with Gasteiger partial charge in [0.1, 0.15) is 0 Å². The second-order valence-corrected chi connectivity index (χ2v) is 9.22. The molecule has 0 saturated carbocycles. The highest BCUT2D eigenvalue weighted by Gasteiger charge is 2.18. The summed E-state index contributed by atoms with van der Waals surface area (Å²) >= 11 is 0. The highest BCUT2D eigenvalue weighted by atomic mass is 16.6. The molecule has 0 N–H and O–H groups in total. The maximum absolute atomic E-state index is 11.6. The van der Waals surface area contributed by atoms with Crippen LogP contribution in [0.15, 0.2) is 109 Å². The molecule has 1 aliphatic rings. The molecule has 0 bridgehead atoms. The maximum Gasteiger partial charge on any atom is 0.346 e. The van der Waals surface area contributed by atoms with Gasteiger partial charge in [-0.25, -0.2) is 9.59 Å². The fraction of sp³-hybridized carbons (Fsp3) is 0.152. The number of carbonyl (C=O) groups excluding carboxylic acids is 2. The Hall–Kier alpha value is -4.24. The standard InChI is InChI=1S/C19H18.C14H10O3/c1-13-5-4-8-17-15(13)11-12-18-16-7-3-2-6-14(16)9-10-19(17)18;15-13(11-7-3-1-4-8-11)17-14(16)12-9-5-2-6-10-12/h2-3,6-7,9-13H,4-5,8H2,1H3;1-10H. The molecular weight excluding hydrogens is 444 g/mol. The SMILES string of the molecule is CC1CCCc2c1ccc1c2ccc2ccccc21.O=C(OC(=O)c1ccccc1)c1ccccc1. The summed E-state index contributed by atoms with van der Waals surface area (Å²) in [5.41, 5.74) is 3.89. The van der Waals surface area contributed by atoms with Gasteiger partial charge in [-0.15, -0.1) is 0 Å². The van der Waals surface area contributed by atoms with Crippen molar-refractivity contribution in [2.24, 2.45) is 0 Å². The van der Waals surface area contributed by atoms with Crippen LogP contribution >= 0.6 is 0 Å². The summed E-state index contributed by atoms with van der Waals surface area (Å²) in [6.45, 7) is 2.37. The van der Waals surface area contributed by atoms with Crippen molar-refractivity contribution in [1.82, 2.24) is 0 Å². The van der Waals surface area contributed by atoms with Crippen LogP contribution in [0.3, 0.4) is 0 Å². The highest BCUT2D eigenvalue weighted by Crippen LogP contribution is 2.37. The number of esters is 2. The highest BCUT2D eigenvalue weighted by molar-refractivity contribution is 6.08. The van der Waals surface area contributed by atoms with Gasteiger partial charge in [-0.1, -0.05) is 91.9 Å². The van der Waals surface area contributed by atoms with E-state index in [2.05, 4.69) is 55.5 Å². The van der Waals surface area contributed by atoms with Crippen LogP contribution in [0.1, 0.15) is 57.5 Å². The van der Waals surface area contributed by atoms with Gasteiger partial charge in [0.05, 0.1) is 11.1 Å². The lowest BCUT2D eigenvalue weighted by Gasteiger charge is -2.24. The molecule has 6 rings (SSSR count). The van der Waals surface area contributed by atoms with Gasteiger partial charge in [0.15, 0.2) is 0 Å². The van der Waals surface area contributed by atoms with Crippen molar-refractivity contribution in [3.8, 4) is 0 Å². The molecule has 1 aliphatic carbocycles. The first kappa shape index (κ1) is 23.5. The second-order valence-electron chi connectivity index (χ2n) is 9.22. The zero-order valence-electron chi connectivity index (χ0n) is 20.3. The number of rotatable bonds is 2. The van der Waals surface area contributed by atoms with Crippen LogP contribution in [0.25, 0.3) is 21.5 Å². The van der Waals surface area contributed by atoms with Crippen LogP contribution in [0.2, 0.25) is 0 Å². The van der Waals surface area contributed by atoms with Crippen LogP contribution in [-0.2, 0) is 11.2 Å². The predicted octanol–water partition coefficient (Wildman–Crippen LogP) is 8.12. The summed E-state index contributed by atoms with van der Waals surface area (Å²) in [6.07, 6.45) is 3.92. The van der Waals surface area contributed by atoms with Crippen molar-refractivity contribution in [2.45, 2.75) is 32.1 Å². The average Bonchev–Trinajstić information content (AvgIpc) is 2.94. The van der Waals surface area contributed by atoms with Crippen molar-refractivity contribution < 1.29 is 14.3 Å². The fourth-order valence-electron chi connectivity index (χ4n) is 5.00. The minimum atomic E-state index is -0.639. The number of hydrogen-bond acceptors (Lipinski definition) is 3. The van der Waals surface area contributed by atoms with Gasteiger partial charge in [-0.2, -0.15) is 0 Å². The Bertz CT molecular complexity index is 1470. The molecule has 36 heavy (non-hydrogen) atoms. The number of hydrogen-bond donors (Lipinski definition) is 0. The van der Waals surface area contributed by atoms with Crippen LogP contribution in [0.5, 0.6) is 0 Å². The van der Waals surface area contributed by atoms with E-state index in [1.165, 1.54) is 40.8 Å². The van der Waals surface area contributed by atoms with Crippen molar-refractivity contribution in [3.63, 3.8) is 0 Å². The number of benzene rings is 5. The molecule has 0 heterocycles. The number of fused-ring (bicyclic) bond motifs is 5. The van der Waals surface area contributed by atoms with E-state index in [-0.39, 0.29) is 0 Å². The normalized spacial score (nSPS) is 14.4. The number of carbonyl (C=O) groups is 2. The van der Waals surface area contributed by atoms with Crippen LogP contribution in [-0.4, -0.2) is 11.9 Å². The maximum atomic E-state index is 11.6. The zero-order valence-corrected chi connectivity index (χ0v) is 20.3. The van der Waals surface area contributed by atoms with Gasteiger partial charge in [-0.05, 0) is 82.1 Å². The molecule has 0 aromatic heterocycles. The summed E-state index contributed by atoms with van der Waals surface area (Å²) in [4.78, 5) is 23.2. The summed E-state index contributed by atoms with van der Waals surface area (Å²) in [6, 6.07) is 34.8. The average molecular weight is 473 g/mol. The van der Waals surface area contributed by atoms with Gasteiger partial charge < -0.3 is 4.74 Å². The van der Waals surface area contributed by atoms with Crippen molar-refractivity contribution in [1.29, 1.82) is 0 Å². The quantitative estimate of drug-likeness (QED) is 0.148. The Kier molecular flexibility index (Phi) is 6.90. The molecule has 0 radical (unpaired) electrons. The molecule has 0 amide bonds. The third-order valence-electron chi connectivity index (χ3n) is 6.87. The Morgan fingerprint density at radius 1 is 0.639 bits per heavy atom. The minimum Gasteiger partial charge on any atom is -0.386 e. The van der Waals surface area contributed by atoms with Gasteiger partial charge >= 0.3 is 11.9 Å². The Morgan fingerprint density at radius 2 is 1.22 bits per heavy atom. The summed E-state index contributed by atoms with van der Waals surface area (Å²) in [5.74, 6) is -0.557. The number of aryl methyl sites for hydroxylation is 1. The van der Waals surface area contributed by atoms with Gasteiger partial charge in [0.2, 0.25) is 0 Å². The molecule has 0 aliphatic heterocycles. The largest absolute Gasteiger partial charge is 0.386 e. The molecule has 1 unspecified atom stereocenters. The van der Waals surface area contributed by atoms with Crippen LogP contribution in [0, 0.1) is 0 Å². The molecule has 0 spiro atoms. The Morgan fingerprint density at radius 3 is 1.89 bits per heavy atom. The van der Waals surface area contributed by atoms with E-state index < -0.39 is 11.9 Å². The van der Waals surface area contributed by atoms with Crippen molar-refractivity contribution in [2.75, 3.05) is 0 Å². The molecule has 0 saturated heterocycles. The summed E-state index contributed by atoms with van der Waals surface area (Å²) < 4.78 is 4.74. The Labute approximate surface area is 211 Å². The lowest BCUT2D eigenvalue weighted by atomic mass is 9.81. The first-order valence-electron chi connectivity index (χ1n) is 12.4. The Balaban J connectivity index is 0.000000149. The van der Waals surface area contributed by atoms with Crippen molar-refractivity contribution >= 4 is 33.5 Å². The zero-order chi connectivity index (χ0) is 24.9. The van der Waals surface area contributed by atoms with Gasteiger partial charge in [-0.3, -0.25) is 0 Å². The van der Waals surface area contributed by atoms with E-state index >= 15 is 0 Å².